The van der Waals surface area contributed by atoms with E-state index >= 15 is 0 Å². The van der Waals surface area contributed by atoms with Gasteiger partial charge in [-0.25, -0.2) is 4.98 Å². The van der Waals surface area contributed by atoms with Gasteiger partial charge in [0.25, 0.3) is 0 Å². The van der Waals surface area contributed by atoms with Crippen LogP contribution in [0.25, 0.3) is 0 Å². The minimum atomic E-state index is -0.00465. The molecule has 0 spiro atoms. The topological polar surface area (TPSA) is 68.2 Å². The Morgan fingerprint density at radius 3 is 3.22 bits per heavy atom. The van der Waals surface area contributed by atoms with Crippen LogP contribution in [0.2, 0.25) is 0 Å². The second kappa shape index (κ2) is 5.07. The summed E-state index contributed by atoms with van der Waals surface area (Å²) in [6.07, 6.45) is 5.69. The zero-order valence-electron chi connectivity index (χ0n) is 10.3. The van der Waals surface area contributed by atoms with Crippen LogP contribution in [-0.4, -0.2) is 41.2 Å². The van der Waals surface area contributed by atoms with E-state index in [1.807, 2.05) is 4.57 Å². The Bertz CT molecular complexity index is 421. The van der Waals surface area contributed by atoms with Crippen molar-refractivity contribution in [2.45, 2.75) is 31.5 Å². The van der Waals surface area contributed by atoms with E-state index in [2.05, 4.69) is 15.6 Å². The Morgan fingerprint density at radius 1 is 1.61 bits per heavy atom. The van der Waals surface area contributed by atoms with E-state index in [9.17, 15) is 4.79 Å². The van der Waals surface area contributed by atoms with E-state index in [1.165, 1.54) is 0 Å². The highest BCUT2D eigenvalue weighted by Gasteiger charge is 2.24. The first kappa shape index (κ1) is 11.7. The predicted molar refractivity (Wildman–Crippen MR) is 65.0 cm³/mol. The fraction of sp³-hybridized carbons (Fsp3) is 0.667. The molecule has 6 nitrogen and oxygen atoms in total. The summed E-state index contributed by atoms with van der Waals surface area (Å²) in [6.45, 7) is 2.68. The predicted octanol–water partition coefficient (Wildman–Crippen LogP) is -0.177. The van der Waals surface area contributed by atoms with Gasteiger partial charge < -0.3 is 19.9 Å². The molecule has 1 aliphatic carbocycles. The molecule has 1 aromatic rings. The van der Waals surface area contributed by atoms with E-state index in [0.717, 1.165) is 31.6 Å². The maximum Gasteiger partial charge on any atom is 0.240 e. The number of rotatable bonds is 4. The van der Waals surface area contributed by atoms with Crippen molar-refractivity contribution in [1.82, 2.24) is 20.2 Å². The second-order valence-electron chi connectivity index (χ2n) is 4.85. The smallest absolute Gasteiger partial charge is 0.240 e. The molecule has 0 radical (unpaired) electrons. The van der Waals surface area contributed by atoms with Crippen LogP contribution in [0.1, 0.15) is 24.6 Å². The highest BCUT2D eigenvalue weighted by Crippen LogP contribution is 2.20. The Hall–Kier alpha value is -1.40. The third kappa shape index (κ3) is 2.70. The van der Waals surface area contributed by atoms with Gasteiger partial charge in [0, 0.05) is 19.1 Å². The van der Waals surface area contributed by atoms with E-state index in [-0.39, 0.29) is 12.0 Å². The summed E-state index contributed by atoms with van der Waals surface area (Å²) in [6, 6.07) is 0.400. The minimum absolute atomic E-state index is 0.00465. The number of carbonyl (C=O) groups excluding carboxylic acids is 1. The molecule has 1 saturated carbocycles. The third-order valence-corrected chi connectivity index (χ3v) is 3.26. The number of amides is 1. The second-order valence-corrected chi connectivity index (χ2v) is 4.85. The summed E-state index contributed by atoms with van der Waals surface area (Å²) in [4.78, 5) is 15.9. The van der Waals surface area contributed by atoms with Crippen molar-refractivity contribution >= 4 is 5.91 Å². The first-order valence-electron chi connectivity index (χ1n) is 6.44. The number of nitrogens with one attached hydrogen (secondary N) is 2. The summed E-state index contributed by atoms with van der Waals surface area (Å²) in [5.41, 5.74) is 0.966. The first-order valence-corrected chi connectivity index (χ1v) is 6.44. The largest absolute Gasteiger partial charge is 0.369 e. The minimum Gasteiger partial charge on any atom is -0.369 e. The van der Waals surface area contributed by atoms with Crippen LogP contribution < -0.4 is 10.6 Å². The molecule has 1 aromatic heterocycles. The lowest BCUT2D eigenvalue weighted by molar-refractivity contribution is -0.121. The molecule has 2 heterocycles. The molecule has 2 N–H and O–H groups in total. The van der Waals surface area contributed by atoms with E-state index in [4.69, 9.17) is 4.74 Å². The van der Waals surface area contributed by atoms with Crippen molar-refractivity contribution < 1.29 is 9.53 Å². The number of aromatic nitrogens is 2. The average molecular weight is 250 g/mol. The van der Waals surface area contributed by atoms with Gasteiger partial charge >= 0.3 is 0 Å². The van der Waals surface area contributed by atoms with E-state index < -0.39 is 0 Å². The summed E-state index contributed by atoms with van der Waals surface area (Å²) in [5.74, 6) is 0.0560. The van der Waals surface area contributed by atoms with Crippen molar-refractivity contribution in [3.8, 4) is 0 Å². The van der Waals surface area contributed by atoms with Crippen molar-refractivity contribution in [3.05, 3.63) is 18.2 Å². The number of hydrogen-bond donors (Lipinski definition) is 2. The third-order valence-electron chi connectivity index (χ3n) is 3.26. The van der Waals surface area contributed by atoms with Crippen molar-refractivity contribution in [2.75, 3.05) is 19.7 Å². The molecular formula is C12H18N4O2. The molecule has 1 atom stereocenters. The van der Waals surface area contributed by atoms with Crippen molar-refractivity contribution in [3.63, 3.8) is 0 Å². The molecule has 1 unspecified atom stereocenters. The monoisotopic (exact) mass is 250 g/mol. The highest BCUT2D eigenvalue weighted by atomic mass is 16.5. The van der Waals surface area contributed by atoms with Gasteiger partial charge in [0.05, 0.1) is 24.8 Å². The molecule has 1 saturated heterocycles. The number of imidazole rings is 1. The molecule has 18 heavy (non-hydrogen) atoms. The summed E-state index contributed by atoms with van der Waals surface area (Å²) < 4.78 is 7.55. The highest BCUT2D eigenvalue weighted by molar-refractivity contribution is 5.76. The normalized spacial score (nSPS) is 23.9. The van der Waals surface area contributed by atoms with Crippen molar-refractivity contribution in [1.29, 1.82) is 0 Å². The molecule has 2 aliphatic rings. The quantitative estimate of drug-likeness (QED) is 0.778. The van der Waals surface area contributed by atoms with Crippen LogP contribution >= 0.6 is 0 Å². The molecule has 6 heteroatoms. The molecule has 0 aromatic carbocycles. The van der Waals surface area contributed by atoms with Gasteiger partial charge in [0.2, 0.25) is 5.91 Å². The number of nitrogens with zero attached hydrogens (tertiary/aromatic N) is 2. The number of ether oxygens (including phenoxy) is 1. The van der Waals surface area contributed by atoms with Gasteiger partial charge in [-0.2, -0.15) is 0 Å². The Kier molecular flexibility index (Phi) is 3.29. The van der Waals surface area contributed by atoms with Gasteiger partial charge in [-0.05, 0) is 12.8 Å². The lowest BCUT2D eigenvalue weighted by Gasteiger charge is -2.24. The van der Waals surface area contributed by atoms with Crippen LogP contribution in [0.3, 0.4) is 0 Å². The summed E-state index contributed by atoms with van der Waals surface area (Å²) in [7, 11) is 0. The zero-order valence-corrected chi connectivity index (χ0v) is 10.3. The molecule has 98 valence electrons. The maximum absolute atomic E-state index is 11.8. The van der Waals surface area contributed by atoms with E-state index in [0.29, 0.717) is 19.2 Å². The Morgan fingerprint density at radius 2 is 2.50 bits per heavy atom. The standard InChI is InChI=1S/C12H18N4O2/c17-12(15-9-1-2-9)7-16-8-14-5-10(16)11-6-13-3-4-18-11/h5,8-9,11,13H,1-4,6-7H2,(H,15,17). The fourth-order valence-electron chi connectivity index (χ4n) is 2.14. The lowest BCUT2D eigenvalue weighted by atomic mass is 10.2. The van der Waals surface area contributed by atoms with Crippen LogP contribution in [0.15, 0.2) is 12.5 Å². The number of carbonyl (C=O) groups is 1. The number of morpholine rings is 1. The molecule has 3 rings (SSSR count). The van der Waals surface area contributed by atoms with Crippen LogP contribution in [0.5, 0.6) is 0 Å². The fourth-order valence-corrected chi connectivity index (χ4v) is 2.14. The van der Waals surface area contributed by atoms with Gasteiger partial charge in [0.15, 0.2) is 0 Å². The summed E-state index contributed by atoms with van der Waals surface area (Å²) >= 11 is 0. The van der Waals surface area contributed by atoms with E-state index in [1.54, 1.807) is 12.5 Å². The Balaban J connectivity index is 1.64. The molecule has 2 fully saturated rings. The zero-order chi connectivity index (χ0) is 12.4. The van der Waals surface area contributed by atoms with Gasteiger partial charge in [-0.15, -0.1) is 0 Å². The van der Waals surface area contributed by atoms with Crippen LogP contribution in [0, 0.1) is 0 Å². The maximum atomic E-state index is 11.8. The molecule has 0 bridgehead atoms. The average Bonchev–Trinajstić information content (AvgIpc) is 3.07. The summed E-state index contributed by atoms with van der Waals surface area (Å²) in [5, 5.41) is 6.26. The SMILES string of the molecule is O=C(Cn1cncc1C1CNCCO1)NC1CC1. The van der Waals surface area contributed by atoms with Crippen molar-refractivity contribution in [2.24, 2.45) is 0 Å². The molecular weight excluding hydrogens is 232 g/mol. The first-order chi connectivity index (χ1) is 8.83. The lowest BCUT2D eigenvalue weighted by Crippen LogP contribution is -2.35. The number of hydrogen-bond acceptors (Lipinski definition) is 4. The Labute approximate surface area is 106 Å². The molecule has 1 amide bonds. The molecule has 1 aliphatic heterocycles. The van der Waals surface area contributed by atoms with Gasteiger partial charge in [-0.3, -0.25) is 4.79 Å². The van der Waals surface area contributed by atoms with Crippen LogP contribution in [-0.2, 0) is 16.1 Å². The van der Waals surface area contributed by atoms with Gasteiger partial charge in [0.1, 0.15) is 12.6 Å². The van der Waals surface area contributed by atoms with Crippen LogP contribution in [0.4, 0.5) is 0 Å². The van der Waals surface area contributed by atoms with Gasteiger partial charge in [-0.1, -0.05) is 0 Å².